The summed E-state index contributed by atoms with van der Waals surface area (Å²) < 4.78 is 16.5. The van der Waals surface area contributed by atoms with Crippen LogP contribution in [0.3, 0.4) is 0 Å². The molecule has 1 aromatic heterocycles. The lowest BCUT2D eigenvalue weighted by Crippen LogP contribution is -2.53. The molecule has 2 rings (SSSR count). The summed E-state index contributed by atoms with van der Waals surface area (Å²) in [5.74, 6) is 0.907. The summed E-state index contributed by atoms with van der Waals surface area (Å²) in [6.45, 7) is 11.5. The minimum atomic E-state index is -0.152. The molecule has 0 aliphatic carbocycles. The molecule has 1 atom stereocenters. The molecule has 0 saturated carbocycles. The third-order valence-corrected chi connectivity index (χ3v) is 3.47. The van der Waals surface area contributed by atoms with Gasteiger partial charge >= 0.3 is 0 Å². The highest BCUT2D eigenvalue weighted by atomic mass is 16.5. The molecule has 108 valence electrons. The molecule has 19 heavy (non-hydrogen) atoms. The van der Waals surface area contributed by atoms with Gasteiger partial charge in [-0.05, 0) is 27.7 Å². The molecule has 5 nitrogen and oxygen atoms in total. The molecule has 0 amide bonds. The van der Waals surface area contributed by atoms with Crippen molar-refractivity contribution in [3.63, 3.8) is 0 Å². The third kappa shape index (κ3) is 3.55. The van der Waals surface area contributed by atoms with Gasteiger partial charge in [0, 0.05) is 32.3 Å². The van der Waals surface area contributed by atoms with E-state index in [4.69, 9.17) is 14.0 Å². The smallest absolute Gasteiger partial charge is 0.138 e. The number of rotatable bonds is 4. The summed E-state index contributed by atoms with van der Waals surface area (Å²) in [6.07, 6.45) is 0.120. The molecule has 5 heteroatoms. The van der Waals surface area contributed by atoms with E-state index >= 15 is 0 Å². The Bertz CT molecular complexity index is 409. The van der Waals surface area contributed by atoms with Gasteiger partial charge in [0.15, 0.2) is 0 Å². The fourth-order valence-electron chi connectivity index (χ4n) is 2.76. The van der Waals surface area contributed by atoms with Crippen LogP contribution in [-0.2, 0) is 16.0 Å². The van der Waals surface area contributed by atoms with Gasteiger partial charge in [-0.15, -0.1) is 0 Å². The van der Waals surface area contributed by atoms with Crippen LogP contribution in [0.15, 0.2) is 4.52 Å². The molecule has 1 aromatic rings. The Kier molecular flexibility index (Phi) is 4.28. The number of hydrogen-bond donors (Lipinski definition) is 0. The van der Waals surface area contributed by atoms with E-state index in [9.17, 15) is 0 Å². The van der Waals surface area contributed by atoms with Crippen molar-refractivity contribution < 1.29 is 14.0 Å². The average Bonchev–Trinajstić information content (AvgIpc) is 2.59. The summed E-state index contributed by atoms with van der Waals surface area (Å²) in [6, 6.07) is 0. The SMILES string of the molecule is COC[C@@H]1CN(Cc2c(C)noc2C)CC(C)(C)O1. The van der Waals surface area contributed by atoms with E-state index in [0.29, 0.717) is 6.61 Å². The van der Waals surface area contributed by atoms with Crippen molar-refractivity contribution in [1.82, 2.24) is 10.1 Å². The molecule has 2 heterocycles. The maximum Gasteiger partial charge on any atom is 0.138 e. The zero-order valence-electron chi connectivity index (χ0n) is 12.5. The summed E-state index contributed by atoms with van der Waals surface area (Å²) in [7, 11) is 1.71. The van der Waals surface area contributed by atoms with Crippen LogP contribution in [-0.4, -0.2) is 48.6 Å². The number of morpholine rings is 1. The third-order valence-electron chi connectivity index (χ3n) is 3.47. The summed E-state index contributed by atoms with van der Waals surface area (Å²) in [4.78, 5) is 2.39. The van der Waals surface area contributed by atoms with E-state index in [-0.39, 0.29) is 11.7 Å². The van der Waals surface area contributed by atoms with Gasteiger partial charge in [0.05, 0.1) is 24.0 Å². The molecule has 0 N–H and O–H groups in total. The van der Waals surface area contributed by atoms with E-state index < -0.39 is 0 Å². The van der Waals surface area contributed by atoms with E-state index in [1.165, 1.54) is 5.56 Å². The van der Waals surface area contributed by atoms with Crippen LogP contribution in [0.4, 0.5) is 0 Å². The molecule has 1 aliphatic heterocycles. The van der Waals surface area contributed by atoms with Crippen LogP contribution in [0, 0.1) is 13.8 Å². The summed E-state index contributed by atoms with van der Waals surface area (Å²) >= 11 is 0. The second-order valence-corrected chi connectivity index (χ2v) is 5.93. The number of aryl methyl sites for hydroxylation is 2. The number of aromatic nitrogens is 1. The molecule has 1 aliphatic rings. The predicted octanol–water partition coefficient (Wildman–Crippen LogP) is 1.92. The van der Waals surface area contributed by atoms with Crippen molar-refractivity contribution >= 4 is 0 Å². The van der Waals surface area contributed by atoms with Gasteiger partial charge in [0.2, 0.25) is 0 Å². The molecular weight excluding hydrogens is 244 g/mol. The van der Waals surface area contributed by atoms with Gasteiger partial charge in [-0.25, -0.2) is 0 Å². The number of methoxy groups -OCH3 is 1. The zero-order chi connectivity index (χ0) is 14.0. The van der Waals surface area contributed by atoms with Gasteiger partial charge in [-0.3, -0.25) is 4.90 Å². The first-order valence-electron chi connectivity index (χ1n) is 6.72. The maximum absolute atomic E-state index is 6.02. The molecule has 0 aromatic carbocycles. The molecule has 1 fully saturated rings. The Morgan fingerprint density at radius 1 is 1.42 bits per heavy atom. The zero-order valence-corrected chi connectivity index (χ0v) is 12.5. The van der Waals surface area contributed by atoms with Gasteiger partial charge in [-0.2, -0.15) is 0 Å². The highest BCUT2D eigenvalue weighted by molar-refractivity contribution is 5.20. The lowest BCUT2D eigenvalue weighted by atomic mass is 10.0. The van der Waals surface area contributed by atoms with Crippen LogP contribution in [0.5, 0.6) is 0 Å². The number of hydrogen-bond acceptors (Lipinski definition) is 5. The minimum Gasteiger partial charge on any atom is -0.382 e. The highest BCUT2D eigenvalue weighted by Crippen LogP contribution is 2.24. The van der Waals surface area contributed by atoms with Crippen molar-refractivity contribution in [2.75, 3.05) is 26.8 Å². The fraction of sp³-hybridized carbons (Fsp3) is 0.786. The van der Waals surface area contributed by atoms with Crippen LogP contribution >= 0.6 is 0 Å². The molecule has 0 unspecified atom stereocenters. The number of nitrogens with zero attached hydrogens (tertiary/aromatic N) is 2. The minimum absolute atomic E-state index is 0.120. The monoisotopic (exact) mass is 268 g/mol. The average molecular weight is 268 g/mol. The van der Waals surface area contributed by atoms with E-state index in [0.717, 1.165) is 31.1 Å². The van der Waals surface area contributed by atoms with Gasteiger partial charge in [0.25, 0.3) is 0 Å². The lowest BCUT2D eigenvalue weighted by Gasteiger charge is -2.42. The lowest BCUT2D eigenvalue weighted by molar-refractivity contribution is -0.154. The van der Waals surface area contributed by atoms with Gasteiger partial charge in [0.1, 0.15) is 5.76 Å². The molecule has 1 saturated heterocycles. The van der Waals surface area contributed by atoms with Crippen LogP contribution in [0.1, 0.15) is 30.9 Å². The van der Waals surface area contributed by atoms with Gasteiger partial charge < -0.3 is 14.0 Å². The summed E-state index contributed by atoms with van der Waals surface area (Å²) in [5, 5.41) is 4.02. The first-order chi connectivity index (χ1) is 8.91. The normalized spacial score (nSPS) is 23.7. The van der Waals surface area contributed by atoms with Crippen LogP contribution < -0.4 is 0 Å². The van der Waals surface area contributed by atoms with Gasteiger partial charge in [-0.1, -0.05) is 5.16 Å². The van der Waals surface area contributed by atoms with E-state index in [2.05, 4.69) is 23.9 Å². The van der Waals surface area contributed by atoms with Crippen LogP contribution in [0.2, 0.25) is 0 Å². The van der Waals surface area contributed by atoms with Crippen molar-refractivity contribution in [3.05, 3.63) is 17.0 Å². The molecular formula is C14H24N2O3. The van der Waals surface area contributed by atoms with E-state index in [1.807, 2.05) is 13.8 Å². The Morgan fingerprint density at radius 2 is 2.16 bits per heavy atom. The molecule has 0 radical (unpaired) electrons. The largest absolute Gasteiger partial charge is 0.382 e. The van der Waals surface area contributed by atoms with E-state index in [1.54, 1.807) is 7.11 Å². The first-order valence-corrected chi connectivity index (χ1v) is 6.72. The quantitative estimate of drug-likeness (QED) is 0.835. The highest BCUT2D eigenvalue weighted by Gasteiger charge is 2.33. The fourth-order valence-corrected chi connectivity index (χ4v) is 2.76. The predicted molar refractivity (Wildman–Crippen MR) is 72.1 cm³/mol. The second kappa shape index (κ2) is 5.61. The maximum atomic E-state index is 6.02. The Balaban J connectivity index is 2.07. The standard InChI is InChI=1S/C14H24N2O3/c1-10-13(11(2)19-15-10)7-16-6-12(8-17-5)18-14(3,4)9-16/h12H,6-9H2,1-5H3/t12-/m0/s1. The van der Waals surface area contributed by atoms with Crippen molar-refractivity contribution in [2.24, 2.45) is 0 Å². The first kappa shape index (κ1) is 14.5. The number of ether oxygens (including phenoxy) is 2. The molecule has 0 bridgehead atoms. The van der Waals surface area contributed by atoms with Crippen molar-refractivity contribution in [1.29, 1.82) is 0 Å². The van der Waals surface area contributed by atoms with Crippen molar-refractivity contribution in [3.8, 4) is 0 Å². The Labute approximate surface area is 114 Å². The van der Waals surface area contributed by atoms with Crippen molar-refractivity contribution in [2.45, 2.75) is 45.9 Å². The topological polar surface area (TPSA) is 47.7 Å². The second-order valence-electron chi connectivity index (χ2n) is 5.93. The molecule has 0 spiro atoms. The van der Waals surface area contributed by atoms with Crippen LogP contribution in [0.25, 0.3) is 0 Å². The summed E-state index contributed by atoms with van der Waals surface area (Å²) in [5.41, 5.74) is 2.01. The Morgan fingerprint density at radius 3 is 2.74 bits per heavy atom. The Hall–Kier alpha value is -0.910.